The standard InChI is InChI=1S/C34H35Br2N3O5S/c1-3-37-34(41)32(22-25-8-6-5-7-9-25)38(23-26-10-12-27(35)13-11-26)33(40)24-39(29-16-18-30(19-17-29)44-4-2)45(42,43)31-20-14-28(36)15-21-31/h5-21,32H,3-4,22-24H2,1-2H3,(H,37,41)/t32-/m1/s1. The predicted octanol–water partition coefficient (Wildman–Crippen LogP) is 6.58. The summed E-state index contributed by atoms with van der Waals surface area (Å²) >= 11 is 6.81. The molecule has 0 aromatic heterocycles. The van der Waals surface area contributed by atoms with Crippen molar-refractivity contribution < 1.29 is 22.7 Å². The van der Waals surface area contributed by atoms with Gasteiger partial charge in [0.25, 0.3) is 10.0 Å². The van der Waals surface area contributed by atoms with Gasteiger partial charge in [0, 0.05) is 28.5 Å². The molecule has 0 spiro atoms. The molecule has 0 saturated carbocycles. The predicted molar refractivity (Wildman–Crippen MR) is 184 cm³/mol. The highest BCUT2D eigenvalue weighted by atomic mass is 79.9. The number of sulfonamides is 1. The molecule has 4 aromatic carbocycles. The van der Waals surface area contributed by atoms with Gasteiger partial charge in [-0.3, -0.25) is 13.9 Å². The smallest absolute Gasteiger partial charge is 0.264 e. The molecular formula is C34H35Br2N3O5S. The van der Waals surface area contributed by atoms with Gasteiger partial charge in [0.05, 0.1) is 17.2 Å². The van der Waals surface area contributed by atoms with E-state index in [-0.39, 0.29) is 29.5 Å². The molecule has 4 aromatic rings. The Labute approximate surface area is 281 Å². The van der Waals surface area contributed by atoms with Crippen LogP contribution in [0.5, 0.6) is 5.75 Å². The van der Waals surface area contributed by atoms with Crippen LogP contribution in [0.4, 0.5) is 5.69 Å². The summed E-state index contributed by atoms with van der Waals surface area (Å²) in [7, 11) is -4.20. The molecule has 0 aliphatic rings. The number of hydrogen-bond donors (Lipinski definition) is 1. The third kappa shape index (κ3) is 9.18. The lowest BCUT2D eigenvalue weighted by atomic mass is 10.0. The Balaban J connectivity index is 1.79. The maximum Gasteiger partial charge on any atom is 0.264 e. The van der Waals surface area contributed by atoms with Crippen molar-refractivity contribution >= 4 is 59.4 Å². The number of rotatable bonds is 14. The number of ether oxygens (including phenoxy) is 1. The number of hydrogen-bond acceptors (Lipinski definition) is 5. The SMILES string of the molecule is CCNC(=O)[C@@H](Cc1ccccc1)N(Cc1ccc(Br)cc1)C(=O)CN(c1ccc(OCC)cc1)S(=O)(=O)c1ccc(Br)cc1. The first kappa shape index (κ1) is 34.2. The average Bonchev–Trinajstić information content (AvgIpc) is 3.03. The van der Waals surface area contributed by atoms with Crippen LogP contribution in [0.25, 0.3) is 0 Å². The van der Waals surface area contributed by atoms with E-state index in [0.29, 0.717) is 18.9 Å². The Morgan fingerprint density at radius 3 is 1.98 bits per heavy atom. The zero-order valence-electron chi connectivity index (χ0n) is 25.0. The molecule has 8 nitrogen and oxygen atoms in total. The molecule has 0 heterocycles. The summed E-state index contributed by atoms with van der Waals surface area (Å²) in [5, 5.41) is 2.87. The summed E-state index contributed by atoms with van der Waals surface area (Å²) in [5.41, 5.74) is 1.95. The zero-order chi connectivity index (χ0) is 32.4. The summed E-state index contributed by atoms with van der Waals surface area (Å²) in [6, 6.07) is 28.8. The van der Waals surface area contributed by atoms with Crippen molar-refractivity contribution in [2.24, 2.45) is 0 Å². The summed E-state index contributed by atoms with van der Waals surface area (Å²) < 4.78 is 36.5. The van der Waals surface area contributed by atoms with Crippen LogP contribution in [0.2, 0.25) is 0 Å². The summed E-state index contributed by atoms with van der Waals surface area (Å²) in [5.74, 6) is -0.278. The van der Waals surface area contributed by atoms with Crippen LogP contribution in [0.15, 0.2) is 117 Å². The van der Waals surface area contributed by atoms with E-state index in [4.69, 9.17) is 4.74 Å². The molecule has 0 bridgehead atoms. The molecule has 0 fully saturated rings. The van der Waals surface area contributed by atoms with Crippen LogP contribution < -0.4 is 14.4 Å². The molecule has 0 unspecified atom stereocenters. The third-order valence-electron chi connectivity index (χ3n) is 7.00. The number of likely N-dealkylation sites (N-methyl/N-ethyl adjacent to an activating group) is 1. The van der Waals surface area contributed by atoms with E-state index in [1.807, 2.05) is 68.4 Å². The van der Waals surface area contributed by atoms with Gasteiger partial charge in [0.2, 0.25) is 11.8 Å². The second-order valence-electron chi connectivity index (χ2n) is 10.1. The molecule has 0 aliphatic heterocycles. The fourth-order valence-corrected chi connectivity index (χ4v) is 6.71. The first-order valence-corrected chi connectivity index (χ1v) is 17.5. The van der Waals surface area contributed by atoms with Crippen molar-refractivity contribution in [3.8, 4) is 5.75 Å². The minimum atomic E-state index is -4.20. The first-order chi connectivity index (χ1) is 21.6. The number of benzene rings is 4. The van der Waals surface area contributed by atoms with Gasteiger partial charge in [-0.05, 0) is 85.6 Å². The molecule has 0 saturated heterocycles. The van der Waals surface area contributed by atoms with E-state index >= 15 is 0 Å². The van der Waals surface area contributed by atoms with E-state index < -0.39 is 28.5 Å². The number of anilines is 1. The van der Waals surface area contributed by atoms with Gasteiger partial charge in [-0.1, -0.05) is 74.3 Å². The fourth-order valence-electron chi connectivity index (χ4n) is 4.77. The lowest BCUT2D eigenvalue weighted by Gasteiger charge is -2.34. The van der Waals surface area contributed by atoms with Crippen molar-refractivity contribution in [2.45, 2.75) is 37.8 Å². The zero-order valence-corrected chi connectivity index (χ0v) is 29.0. The van der Waals surface area contributed by atoms with Crippen LogP contribution in [-0.2, 0) is 32.6 Å². The summed E-state index contributed by atoms with van der Waals surface area (Å²) in [6.45, 7) is 4.06. The maximum atomic E-state index is 14.4. The Morgan fingerprint density at radius 2 is 1.40 bits per heavy atom. The normalized spacial score (nSPS) is 11.8. The van der Waals surface area contributed by atoms with E-state index in [1.54, 1.807) is 36.4 Å². The number of carbonyl (C=O) groups is 2. The van der Waals surface area contributed by atoms with Crippen molar-refractivity contribution in [3.63, 3.8) is 0 Å². The second-order valence-corrected chi connectivity index (χ2v) is 13.8. The highest BCUT2D eigenvalue weighted by Crippen LogP contribution is 2.28. The van der Waals surface area contributed by atoms with Crippen molar-refractivity contribution in [1.29, 1.82) is 0 Å². The van der Waals surface area contributed by atoms with Crippen molar-refractivity contribution in [1.82, 2.24) is 10.2 Å². The molecule has 1 atom stereocenters. The van der Waals surface area contributed by atoms with Crippen LogP contribution in [0.3, 0.4) is 0 Å². The van der Waals surface area contributed by atoms with Crippen LogP contribution >= 0.6 is 31.9 Å². The van der Waals surface area contributed by atoms with Gasteiger partial charge in [-0.2, -0.15) is 0 Å². The Hall–Kier alpha value is -3.67. The maximum absolute atomic E-state index is 14.4. The molecule has 236 valence electrons. The lowest BCUT2D eigenvalue weighted by Crippen LogP contribution is -2.53. The number of halogens is 2. The Bertz CT molecular complexity index is 1670. The number of amides is 2. The molecular weight excluding hydrogens is 722 g/mol. The van der Waals surface area contributed by atoms with Gasteiger partial charge in [-0.25, -0.2) is 8.42 Å². The first-order valence-electron chi connectivity index (χ1n) is 14.5. The molecule has 2 amide bonds. The second kappa shape index (κ2) is 16.1. The van der Waals surface area contributed by atoms with E-state index in [1.165, 1.54) is 17.0 Å². The van der Waals surface area contributed by atoms with E-state index in [2.05, 4.69) is 37.2 Å². The monoisotopic (exact) mass is 755 g/mol. The lowest BCUT2D eigenvalue weighted by molar-refractivity contribution is -0.140. The summed E-state index contributed by atoms with van der Waals surface area (Å²) in [6.07, 6.45) is 0.247. The summed E-state index contributed by atoms with van der Waals surface area (Å²) in [4.78, 5) is 29.5. The van der Waals surface area contributed by atoms with Crippen molar-refractivity contribution in [3.05, 3.63) is 123 Å². The van der Waals surface area contributed by atoms with Gasteiger partial charge in [0.1, 0.15) is 18.3 Å². The highest BCUT2D eigenvalue weighted by molar-refractivity contribution is 9.10. The van der Waals surface area contributed by atoms with Crippen LogP contribution in [-0.4, -0.2) is 50.9 Å². The fraction of sp³-hybridized carbons (Fsp3) is 0.235. The molecule has 1 N–H and O–H groups in total. The number of nitrogens with one attached hydrogen (secondary N) is 1. The quantitative estimate of drug-likeness (QED) is 0.157. The Kier molecular flexibility index (Phi) is 12.2. The molecule has 0 radical (unpaired) electrons. The van der Waals surface area contributed by atoms with Gasteiger partial charge in [0.15, 0.2) is 0 Å². The molecule has 4 rings (SSSR count). The average molecular weight is 758 g/mol. The van der Waals surface area contributed by atoms with Gasteiger partial charge >= 0.3 is 0 Å². The largest absolute Gasteiger partial charge is 0.494 e. The topological polar surface area (TPSA) is 96.0 Å². The van der Waals surface area contributed by atoms with Gasteiger partial charge < -0.3 is 15.0 Å². The molecule has 0 aliphatic carbocycles. The number of carbonyl (C=O) groups excluding carboxylic acids is 2. The highest BCUT2D eigenvalue weighted by Gasteiger charge is 2.34. The molecule has 45 heavy (non-hydrogen) atoms. The third-order valence-corrected chi connectivity index (χ3v) is 9.85. The van der Waals surface area contributed by atoms with Crippen LogP contribution in [0.1, 0.15) is 25.0 Å². The number of nitrogens with zero attached hydrogens (tertiary/aromatic N) is 2. The Morgan fingerprint density at radius 1 is 0.800 bits per heavy atom. The minimum absolute atomic E-state index is 0.0244. The molecule has 11 heteroatoms. The van der Waals surface area contributed by atoms with E-state index in [0.717, 1.165) is 24.4 Å². The van der Waals surface area contributed by atoms with Crippen molar-refractivity contribution in [2.75, 3.05) is 24.0 Å². The minimum Gasteiger partial charge on any atom is -0.494 e. The van der Waals surface area contributed by atoms with Crippen LogP contribution in [0, 0.1) is 0 Å². The van der Waals surface area contributed by atoms with Gasteiger partial charge in [-0.15, -0.1) is 0 Å². The van der Waals surface area contributed by atoms with E-state index in [9.17, 15) is 18.0 Å².